The molecule has 0 bridgehead atoms. The van der Waals surface area contributed by atoms with Gasteiger partial charge in [-0.1, -0.05) is 35.9 Å². The lowest BCUT2D eigenvalue weighted by Crippen LogP contribution is -2.02. The third kappa shape index (κ3) is 4.41. The van der Waals surface area contributed by atoms with Crippen molar-refractivity contribution in [2.24, 2.45) is 0 Å². The van der Waals surface area contributed by atoms with E-state index in [0.29, 0.717) is 10.7 Å². The van der Waals surface area contributed by atoms with Crippen LogP contribution in [0.2, 0.25) is 5.15 Å². The number of hydrogen-bond donors (Lipinski definition) is 0. The highest BCUT2D eigenvalue weighted by Gasteiger charge is 2.07. The predicted molar refractivity (Wildman–Crippen MR) is 103 cm³/mol. The maximum absolute atomic E-state index is 12.0. The van der Waals surface area contributed by atoms with Crippen LogP contribution >= 0.6 is 11.6 Å². The number of methoxy groups -OCH3 is 1. The number of hydrogen-bond acceptors (Lipinski definition) is 4. The maximum atomic E-state index is 12.0. The van der Waals surface area contributed by atoms with E-state index in [1.54, 1.807) is 13.2 Å². The summed E-state index contributed by atoms with van der Waals surface area (Å²) in [6, 6.07) is 15.2. The molecular formula is C21H18ClNO3. The molecule has 26 heavy (non-hydrogen) atoms. The molecule has 0 saturated carbocycles. The van der Waals surface area contributed by atoms with Gasteiger partial charge in [0.15, 0.2) is 0 Å². The zero-order valence-electron chi connectivity index (χ0n) is 14.5. The molecule has 3 aromatic rings. The second-order valence-corrected chi connectivity index (χ2v) is 6.21. The van der Waals surface area contributed by atoms with Crippen LogP contribution in [0.5, 0.6) is 5.75 Å². The average molecular weight is 368 g/mol. The van der Waals surface area contributed by atoms with E-state index in [4.69, 9.17) is 21.1 Å². The van der Waals surface area contributed by atoms with E-state index in [1.165, 1.54) is 6.08 Å². The number of aromatic nitrogens is 1. The Bertz CT molecular complexity index is 982. The Morgan fingerprint density at radius 2 is 2.04 bits per heavy atom. The Balaban J connectivity index is 1.67. The van der Waals surface area contributed by atoms with Crippen molar-refractivity contribution in [2.45, 2.75) is 13.5 Å². The normalized spacial score (nSPS) is 11.0. The average Bonchev–Trinajstić information content (AvgIpc) is 2.65. The van der Waals surface area contributed by atoms with E-state index < -0.39 is 5.97 Å². The molecule has 0 radical (unpaired) electrons. The van der Waals surface area contributed by atoms with Crippen LogP contribution in [-0.2, 0) is 16.1 Å². The first kappa shape index (κ1) is 18.0. The highest BCUT2D eigenvalue weighted by molar-refractivity contribution is 6.30. The highest BCUT2D eigenvalue weighted by atomic mass is 35.5. The first-order valence-electron chi connectivity index (χ1n) is 8.10. The molecule has 0 amide bonds. The van der Waals surface area contributed by atoms with Crippen LogP contribution in [0.25, 0.3) is 17.0 Å². The lowest BCUT2D eigenvalue weighted by Gasteiger charge is -2.07. The Labute approximate surface area is 157 Å². The molecule has 0 aliphatic rings. The van der Waals surface area contributed by atoms with Gasteiger partial charge >= 0.3 is 5.97 Å². The molecule has 0 atom stereocenters. The number of benzene rings is 2. The molecule has 0 saturated heterocycles. The summed E-state index contributed by atoms with van der Waals surface area (Å²) < 4.78 is 10.4. The van der Waals surface area contributed by atoms with Gasteiger partial charge in [0.2, 0.25) is 0 Å². The van der Waals surface area contributed by atoms with Gasteiger partial charge in [-0.3, -0.25) is 0 Å². The van der Waals surface area contributed by atoms with Gasteiger partial charge in [-0.2, -0.15) is 0 Å². The fraction of sp³-hybridized carbons (Fsp3) is 0.143. The molecule has 0 aliphatic carbocycles. The van der Waals surface area contributed by atoms with Crippen LogP contribution in [-0.4, -0.2) is 18.1 Å². The zero-order valence-corrected chi connectivity index (χ0v) is 15.3. The monoisotopic (exact) mass is 367 g/mol. The van der Waals surface area contributed by atoms with Crippen molar-refractivity contribution in [1.82, 2.24) is 4.98 Å². The van der Waals surface area contributed by atoms with Crippen molar-refractivity contribution >= 4 is 34.5 Å². The summed E-state index contributed by atoms with van der Waals surface area (Å²) in [4.78, 5) is 16.3. The Morgan fingerprint density at radius 3 is 2.85 bits per heavy atom. The number of carbonyl (C=O) groups is 1. The molecule has 4 nitrogen and oxygen atoms in total. The number of pyridine rings is 1. The summed E-state index contributed by atoms with van der Waals surface area (Å²) >= 11 is 6.21. The predicted octanol–water partition coefficient (Wildman–Crippen LogP) is 4.96. The molecule has 0 spiro atoms. The number of aryl methyl sites for hydroxylation is 1. The van der Waals surface area contributed by atoms with Gasteiger partial charge < -0.3 is 9.47 Å². The van der Waals surface area contributed by atoms with E-state index in [1.807, 2.05) is 55.5 Å². The summed E-state index contributed by atoms with van der Waals surface area (Å²) in [6.07, 6.45) is 3.05. The quantitative estimate of drug-likeness (QED) is 0.363. The summed E-state index contributed by atoms with van der Waals surface area (Å²) in [5, 5.41) is 1.30. The highest BCUT2D eigenvalue weighted by Crippen LogP contribution is 2.22. The van der Waals surface area contributed by atoms with Crippen molar-refractivity contribution in [3.8, 4) is 5.75 Å². The van der Waals surface area contributed by atoms with E-state index >= 15 is 0 Å². The first-order chi connectivity index (χ1) is 12.5. The fourth-order valence-electron chi connectivity index (χ4n) is 2.51. The fourth-order valence-corrected chi connectivity index (χ4v) is 2.71. The standard InChI is InChI=1S/C21H18ClNO3/c1-14-6-8-16-12-17(21(22)23-19(16)10-14)13-26-20(24)9-7-15-4-3-5-18(11-15)25-2/h3-12H,13H2,1-2H3. The smallest absolute Gasteiger partial charge is 0.331 e. The topological polar surface area (TPSA) is 48.4 Å². The molecule has 1 heterocycles. The lowest BCUT2D eigenvalue weighted by molar-refractivity contribution is -0.138. The van der Waals surface area contributed by atoms with E-state index in [0.717, 1.165) is 27.8 Å². The molecule has 5 heteroatoms. The van der Waals surface area contributed by atoms with Crippen LogP contribution < -0.4 is 4.74 Å². The van der Waals surface area contributed by atoms with Crippen molar-refractivity contribution < 1.29 is 14.3 Å². The number of carbonyl (C=O) groups excluding carboxylic acids is 1. The molecular weight excluding hydrogens is 350 g/mol. The van der Waals surface area contributed by atoms with Crippen LogP contribution in [0.3, 0.4) is 0 Å². The third-order valence-electron chi connectivity index (χ3n) is 3.87. The van der Waals surface area contributed by atoms with Crippen molar-refractivity contribution in [3.63, 3.8) is 0 Å². The van der Waals surface area contributed by atoms with Gasteiger partial charge in [0, 0.05) is 17.0 Å². The van der Waals surface area contributed by atoms with Crippen molar-refractivity contribution in [3.05, 3.63) is 76.5 Å². The van der Waals surface area contributed by atoms with Crippen LogP contribution in [0.15, 0.2) is 54.6 Å². The number of halogens is 1. The molecule has 0 fully saturated rings. The lowest BCUT2D eigenvalue weighted by atomic mass is 10.1. The van der Waals surface area contributed by atoms with E-state index in [9.17, 15) is 4.79 Å². The maximum Gasteiger partial charge on any atom is 0.331 e. The Hall–Kier alpha value is -2.85. The molecule has 3 rings (SSSR count). The number of esters is 1. The summed E-state index contributed by atoms with van der Waals surface area (Å²) in [7, 11) is 1.60. The third-order valence-corrected chi connectivity index (χ3v) is 4.20. The van der Waals surface area contributed by atoms with Crippen LogP contribution in [0.4, 0.5) is 0 Å². The molecule has 2 aromatic carbocycles. The molecule has 0 N–H and O–H groups in total. The van der Waals surface area contributed by atoms with Gasteiger partial charge in [-0.15, -0.1) is 0 Å². The Kier molecular flexibility index (Phi) is 5.54. The zero-order chi connectivity index (χ0) is 18.5. The number of nitrogens with zero attached hydrogens (tertiary/aromatic N) is 1. The minimum Gasteiger partial charge on any atom is -0.497 e. The minimum atomic E-state index is -0.451. The van der Waals surface area contributed by atoms with Gasteiger partial charge in [0.05, 0.1) is 12.6 Å². The van der Waals surface area contributed by atoms with Gasteiger partial charge in [0.25, 0.3) is 0 Å². The van der Waals surface area contributed by atoms with Crippen LogP contribution in [0.1, 0.15) is 16.7 Å². The largest absolute Gasteiger partial charge is 0.497 e. The van der Waals surface area contributed by atoms with Gasteiger partial charge in [-0.25, -0.2) is 9.78 Å². The summed E-state index contributed by atoms with van der Waals surface area (Å²) in [5.74, 6) is 0.276. The summed E-state index contributed by atoms with van der Waals surface area (Å²) in [6.45, 7) is 2.07. The van der Waals surface area contributed by atoms with E-state index in [-0.39, 0.29) is 6.61 Å². The molecule has 0 unspecified atom stereocenters. The number of ether oxygens (including phenoxy) is 2. The molecule has 0 aliphatic heterocycles. The Morgan fingerprint density at radius 1 is 1.19 bits per heavy atom. The van der Waals surface area contributed by atoms with E-state index in [2.05, 4.69) is 4.98 Å². The number of rotatable bonds is 5. The SMILES string of the molecule is COc1cccc(C=CC(=O)OCc2cc3ccc(C)cc3nc2Cl)c1. The van der Waals surface area contributed by atoms with Crippen LogP contribution in [0, 0.1) is 6.92 Å². The van der Waals surface area contributed by atoms with Crippen molar-refractivity contribution in [1.29, 1.82) is 0 Å². The van der Waals surface area contributed by atoms with Crippen molar-refractivity contribution in [2.75, 3.05) is 7.11 Å². The molecule has 132 valence electrons. The summed E-state index contributed by atoms with van der Waals surface area (Å²) in [5.41, 5.74) is 3.46. The minimum absolute atomic E-state index is 0.0664. The second-order valence-electron chi connectivity index (χ2n) is 5.85. The molecule has 1 aromatic heterocycles. The van der Waals surface area contributed by atoms with Gasteiger partial charge in [-0.05, 0) is 48.4 Å². The second kappa shape index (κ2) is 8.02. The first-order valence-corrected chi connectivity index (χ1v) is 8.47. The van der Waals surface area contributed by atoms with Gasteiger partial charge in [0.1, 0.15) is 17.5 Å². The number of fused-ring (bicyclic) bond motifs is 1.